The van der Waals surface area contributed by atoms with Gasteiger partial charge in [0.25, 0.3) is 5.56 Å². The standard InChI is InChI=1S/C17H13ClN4OS/c1-8-4-6-11(7-5-8)22-17(23)15-14(20-21-22)12-9(2)13(18)10(3)19-16(12)24-15/h4-7H,1-3H3. The number of halogens is 1. The van der Waals surface area contributed by atoms with Crippen molar-refractivity contribution in [2.24, 2.45) is 0 Å². The molecule has 0 aliphatic carbocycles. The number of aromatic nitrogens is 4. The Morgan fingerprint density at radius 3 is 2.54 bits per heavy atom. The van der Waals surface area contributed by atoms with Crippen molar-refractivity contribution < 1.29 is 0 Å². The lowest BCUT2D eigenvalue weighted by molar-refractivity contribution is 0.740. The molecule has 0 aliphatic rings. The van der Waals surface area contributed by atoms with Gasteiger partial charge in [-0.2, -0.15) is 4.68 Å². The van der Waals surface area contributed by atoms with Gasteiger partial charge in [-0.05, 0) is 38.5 Å². The number of hydrogen-bond acceptors (Lipinski definition) is 5. The molecule has 7 heteroatoms. The number of benzene rings is 1. The van der Waals surface area contributed by atoms with Gasteiger partial charge >= 0.3 is 0 Å². The van der Waals surface area contributed by atoms with Gasteiger partial charge in [0.05, 0.1) is 16.4 Å². The van der Waals surface area contributed by atoms with Gasteiger partial charge in [-0.3, -0.25) is 4.79 Å². The van der Waals surface area contributed by atoms with Crippen molar-refractivity contribution in [1.29, 1.82) is 0 Å². The van der Waals surface area contributed by atoms with Crippen molar-refractivity contribution in [3.8, 4) is 5.69 Å². The fourth-order valence-corrected chi connectivity index (χ4v) is 4.01. The maximum Gasteiger partial charge on any atom is 0.292 e. The van der Waals surface area contributed by atoms with E-state index in [1.165, 1.54) is 16.0 Å². The van der Waals surface area contributed by atoms with Crippen LogP contribution in [0.4, 0.5) is 0 Å². The maximum absolute atomic E-state index is 12.9. The van der Waals surface area contributed by atoms with Crippen LogP contribution in [0.5, 0.6) is 0 Å². The summed E-state index contributed by atoms with van der Waals surface area (Å²) in [6.07, 6.45) is 0. The third-order valence-electron chi connectivity index (χ3n) is 4.05. The topological polar surface area (TPSA) is 60.7 Å². The van der Waals surface area contributed by atoms with Gasteiger partial charge in [0, 0.05) is 5.39 Å². The highest BCUT2D eigenvalue weighted by atomic mass is 35.5. The average molecular weight is 357 g/mol. The number of rotatable bonds is 1. The Bertz CT molecular complexity index is 1160. The van der Waals surface area contributed by atoms with Gasteiger partial charge in [0.1, 0.15) is 15.0 Å². The Hall–Kier alpha value is -2.31. The van der Waals surface area contributed by atoms with Crippen molar-refractivity contribution in [1.82, 2.24) is 20.0 Å². The van der Waals surface area contributed by atoms with E-state index in [1.807, 2.05) is 45.0 Å². The molecule has 3 heterocycles. The number of thiophene rings is 1. The van der Waals surface area contributed by atoms with Crippen LogP contribution in [0.2, 0.25) is 5.02 Å². The Labute approximate surface area is 146 Å². The summed E-state index contributed by atoms with van der Waals surface area (Å²) in [4.78, 5) is 18.1. The van der Waals surface area contributed by atoms with Crippen LogP contribution >= 0.6 is 22.9 Å². The molecule has 0 unspecified atom stereocenters. The van der Waals surface area contributed by atoms with E-state index >= 15 is 0 Å². The lowest BCUT2D eigenvalue weighted by Gasteiger charge is -2.04. The first kappa shape index (κ1) is 15.2. The van der Waals surface area contributed by atoms with Crippen molar-refractivity contribution in [3.63, 3.8) is 0 Å². The molecule has 4 aromatic rings. The highest BCUT2D eigenvalue weighted by Gasteiger charge is 2.18. The predicted octanol–water partition coefficient (Wildman–Crippen LogP) is 3.97. The van der Waals surface area contributed by atoms with Crippen LogP contribution in [0, 0.1) is 20.8 Å². The minimum absolute atomic E-state index is 0.194. The molecule has 0 spiro atoms. The Morgan fingerprint density at radius 2 is 1.83 bits per heavy atom. The summed E-state index contributed by atoms with van der Waals surface area (Å²) < 4.78 is 1.86. The van der Waals surface area contributed by atoms with E-state index in [9.17, 15) is 4.79 Å². The van der Waals surface area contributed by atoms with Crippen LogP contribution < -0.4 is 5.56 Å². The summed E-state index contributed by atoms with van der Waals surface area (Å²) in [6.45, 7) is 5.77. The van der Waals surface area contributed by atoms with Crippen LogP contribution in [0.1, 0.15) is 16.8 Å². The summed E-state index contributed by atoms with van der Waals surface area (Å²) in [7, 11) is 0. The highest BCUT2D eigenvalue weighted by Crippen LogP contribution is 2.35. The largest absolute Gasteiger partial charge is 0.292 e. The number of nitrogens with zero attached hydrogens (tertiary/aromatic N) is 4. The molecule has 24 heavy (non-hydrogen) atoms. The van der Waals surface area contributed by atoms with Crippen LogP contribution in [0.15, 0.2) is 29.1 Å². The molecule has 4 rings (SSSR count). The first-order chi connectivity index (χ1) is 11.5. The molecule has 0 fully saturated rings. The van der Waals surface area contributed by atoms with E-state index < -0.39 is 0 Å². The number of aryl methyl sites for hydroxylation is 3. The molecule has 5 nitrogen and oxygen atoms in total. The monoisotopic (exact) mass is 356 g/mol. The van der Waals surface area contributed by atoms with Gasteiger partial charge in [0.15, 0.2) is 0 Å². The van der Waals surface area contributed by atoms with Crippen molar-refractivity contribution >= 4 is 43.4 Å². The number of pyridine rings is 1. The molecule has 0 saturated carbocycles. The minimum atomic E-state index is -0.194. The normalized spacial score (nSPS) is 11.5. The first-order valence-corrected chi connectivity index (χ1v) is 8.59. The van der Waals surface area contributed by atoms with E-state index in [-0.39, 0.29) is 5.56 Å². The summed E-state index contributed by atoms with van der Waals surface area (Å²) in [5, 5.41) is 9.81. The molecule has 120 valence electrons. The molecule has 0 aliphatic heterocycles. The molecule has 0 radical (unpaired) electrons. The molecule has 1 aromatic carbocycles. The van der Waals surface area contributed by atoms with Gasteiger partial charge in [-0.25, -0.2) is 4.98 Å². The molecule has 0 bridgehead atoms. The van der Waals surface area contributed by atoms with E-state index in [0.717, 1.165) is 27.0 Å². The van der Waals surface area contributed by atoms with Gasteiger partial charge in [-0.1, -0.05) is 34.5 Å². The molecular weight excluding hydrogens is 344 g/mol. The van der Waals surface area contributed by atoms with Crippen LogP contribution in [0.25, 0.3) is 26.1 Å². The Balaban J connectivity index is 2.07. The first-order valence-electron chi connectivity index (χ1n) is 7.39. The third kappa shape index (κ3) is 2.14. The zero-order valence-corrected chi connectivity index (χ0v) is 14.9. The van der Waals surface area contributed by atoms with Gasteiger partial charge in [-0.15, -0.1) is 16.4 Å². The number of hydrogen-bond donors (Lipinski definition) is 0. The lowest BCUT2D eigenvalue weighted by Crippen LogP contribution is -2.21. The summed E-state index contributed by atoms with van der Waals surface area (Å²) >= 11 is 7.64. The zero-order valence-electron chi connectivity index (χ0n) is 13.3. The molecular formula is C17H13ClN4OS. The summed E-state index contributed by atoms with van der Waals surface area (Å²) in [6, 6.07) is 7.59. The summed E-state index contributed by atoms with van der Waals surface area (Å²) in [5.74, 6) is 0. The minimum Gasteiger partial charge on any atom is -0.266 e. The van der Waals surface area contributed by atoms with E-state index in [4.69, 9.17) is 11.6 Å². The van der Waals surface area contributed by atoms with Crippen LogP contribution in [0.3, 0.4) is 0 Å². The van der Waals surface area contributed by atoms with Crippen molar-refractivity contribution in [2.75, 3.05) is 0 Å². The fourth-order valence-electron chi connectivity index (χ4n) is 2.73. The molecule has 0 amide bonds. The van der Waals surface area contributed by atoms with Crippen LogP contribution in [-0.4, -0.2) is 20.0 Å². The smallest absolute Gasteiger partial charge is 0.266 e. The second-order valence-corrected chi connectivity index (χ2v) is 7.12. The third-order valence-corrected chi connectivity index (χ3v) is 5.67. The Morgan fingerprint density at radius 1 is 1.12 bits per heavy atom. The van der Waals surface area contributed by atoms with Crippen molar-refractivity contribution in [3.05, 3.63) is 56.5 Å². The van der Waals surface area contributed by atoms with Gasteiger partial charge < -0.3 is 0 Å². The lowest BCUT2D eigenvalue weighted by atomic mass is 10.1. The molecule has 0 N–H and O–H groups in total. The van der Waals surface area contributed by atoms with Crippen LogP contribution in [-0.2, 0) is 0 Å². The molecule has 0 atom stereocenters. The predicted molar refractivity (Wildman–Crippen MR) is 97.5 cm³/mol. The average Bonchev–Trinajstić information content (AvgIpc) is 2.93. The van der Waals surface area contributed by atoms with Gasteiger partial charge in [0.2, 0.25) is 0 Å². The van der Waals surface area contributed by atoms with Crippen molar-refractivity contribution in [2.45, 2.75) is 20.8 Å². The fraction of sp³-hybridized carbons (Fsp3) is 0.176. The van der Waals surface area contributed by atoms with E-state index in [2.05, 4.69) is 15.3 Å². The Kier molecular flexibility index (Phi) is 3.40. The molecule has 0 saturated heterocycles. The quantitative estimate of drug-likeness (QED) is 0.517. The maximum atomic E-state index is 12.9. The SMILES string of the molecule is Cc1ccc(-n2nnc3c(sc4nc(C)c(Cl)c(C)c43)c2=O)cc1. The molecule has 3 aromatic heterocycles. The second kappa shape index (κ2) is 5.36. The van der Waals surface area contributed by atoms with E-state index in [0.29, 0.717) is 20.9 Å². The summed E-state index contributed by atoms with van der Waals surface area (Å²) in [5.41, 5.74) is 3.81. The van der Waals surface area contributed by atoms with E-state index in [1.54, 1.807) is 0 Å². The number of fused-ring (bicyclic) bond motifs is 3. The highest BCUT2D eigenvalue weighted by molar-refractivity contribution is 7.25. The zero-order chi connectivity index (χ0) is 17.0. The second-order valence-electron chi connectivity index (χ2n) is 5.74.